The van der Waals surface area contributed by atoms with Gasteiger partial charge in [0.05, 0.1) is 16.7 Å². The van der Waals surface area contributed by atoms with Gasteiger partial charge in [-0.3, -0.25) is 9.69 Å². The van der Waals surface area contributed by atoms with Gasteiger partial charge in [-0.25, -0.2) is 0 Å². The fourth-order valence-corrected chi connectivity index (χ4v) is 4.70. The molecule has 1 aromatic rings. The van der Waals surface area contributed by atoms with Crippen LogP contribution in [0.15, 0.2) is 42.0 Å². The number of hydrogen-bond acceptors (Lipinski definition) is 2. The van der Waals surface area contributed by atoms with Crippen LogP contribution in [-0.2, 0) is 23.7 Å². The van der Waals surface area contributed by atoms with Crippen LogP contribution >= 0.6 is 0 Å². The Morgan fingerprint density at radius 3 is 2.20 bits per heavy atom. The number of hydrogen-bond donors (Lipinski definition) is 1. The van der Waals surface area contributed by atoms with E-state index in [-0.39, 0.29) is 44.3 Å². The van der Waals surface area contributed by atoms with Crippen molar-refractivity contribution in [3.63, 3.8) is 0 Å². The zero-order chi connectivity index (χ0) is 26.2. The molecule has 1 fully saturated rings. The molecule has 3 nitrogen and oxygen atoms in total. The van der Waals surface area contributed by atoms with E-state index in [1.165, 1.54) is 6.08 Å². The zero-order valence-electron chi connectivity index (χ0n) is 18.1. The van der Waals surface area contributed by atoms with Crippen molar-refractivity contribution in [2.24, 2.45) is 11.8 Å². The normalized spacial score (nSPS) is 24.4. The second kappa shape index (κ2) is 9.87. The molecule has 12 heteroatoms. The van der Waals surface area contributed by atoms with Gasteiger partial charge in [-0.05, 0) is 55.3 Å². The fourth-order valence-electron chi connectivity index (χ4n) is 4.70. The van der Waals surface area contributed by atoms with Gasteiger partial charge >= 0.3 is 24.5 Å². The third kappa shape index (κ3) is 6.80. The van der Waals surface area contributed by atoms with E-state index in [0.29, 0.717) is 12.5 Å². The largest absolute Gasteiger partial charge is 0.481 e. The molecule has 1 heterocycles. The third-order valence-electron chi connectivity index (χ3n) is 6.40. The summed E-state index contributed by atoms with van der Waals surface area (Å²) >= 11 is 0. The summed E-state index contributed by atoms with van der Waals surface area (Å²) in [5.41, 5.74) is -4.11. The van der Waals surface area contributed by atoms with Crippen LogP contribution in [0.25, 0.3) is 0 Å². The summed E-state index contributed by atoms with van der Waals surface area (Å²) in [5, 5.41) is 9.13. The van der Waals surface area contributed by atoms with Crippen molar-refractivity contribution in [1.29, 1.82) is 0 Å². The molecule has 1 N–H and O–H groups in total. The van der Waals surface area contributed by atoms with Gasteiger partial charge < -0.3 is 5.11 Å². The maximum atomic E-state index is 13.6. The Hall–Kier alpha value is -2.50. The molecule has 0 saturated carbocycles. The Labute approximate surface area is 194 Å². The summed E-state index contributed by atoms with van der Waals surface area (Å²) in [5.74, 6) is -1.92. The number of halogens is 9. The van der Waals surface area contributed by atoms with E-state index in [2.05, 4.69) is 0 Å². The molecule has 0 radical (unpaired) electrons. The van der Waals surface area contributed by atoms with Crippen molar-refractivity contribution >= 4 is 5.97 Å². The van der Waals surface area contributed by atoms with E-state index in [1.807, 2.05) is 0 Å². The van der Waals surface area contributed by atoms with Crippen LogP contribution in [0.5, 0.6) is 0 Å². The van der Waals surface area contributed by atoms with Crippen molar-refractivity contribution in [1.82, 2.24) is 4.90 Å². The van der Waals surface area contributed by atoms with Crippen molar-refractivity contribution < 1.29 is 49.4 Å². The van der Waals surface area contributed by atoms with Crippen LogP contribution < -0.4 is 0 Å². The summed E-state index contributed by atoms with van der Waals surface area (Å²) in [6.45, 7) is -0.223. The first-order valence-corrected chi connectivity index (χ1v) is 10.7. The molecule has 1 unspecified atom stereocenters. The highest BCUT2D eigenvalue weighted by molar-refractivity contribution is 5.67. The number of benzene rings is 1. The Kier molecular flexibility index (Phi) is 7.64. The minimum absolute atomic E-state index is 0.0502. The number of rotatable bonds is 5. The molecule has 0 spiro atoms. The van der Waals surface area contributed by atoms with Gasteiger partial charge in [0.1, 0.15) is 0 Å². The lowest BCUT2D eigenvalue weighted by molar-refractivity contribution is -0.144. The zero-order valence-corrected chi connectivity index (χ0v) is 18.1. The Bertz CT molecular complexity index is 992. The lowest BCUT2D eigenvalue weighted by Crippen LogP contribution is -2.46. The SMILES string of the molecule is O=C(O)C[C@H]1CCN(Cc2ccc(C(F)(F)F)cc2C(F)(F)F)[C@@H](C2C=CC(C(F)(F)F)=CC2)C1. The number of alkyl halides is 9. The molecule has 0 amide bonds. The number of aliphatic carboxylic acids is 1. The van der Waals surface area contributed by atoms with Crippen LogP contribution in [0, 0.1) is 11.8 Å². The van der Waals surface area contributed by atoms with Crippen LogP contribution in [0.3, 0.4) is 0 Å². The van der Waals surface area contributed by atoms with Crippen molar-refractivity contribution in [3.8, 4) is 0 Å². The molecule has 0 bridgehead atoms. The summed E-state index contributed by atoms with van der Waals surface area (Å²) in [6, 6.07) is 0.805. The minimum Gasteiger partial charge on any atom is -0.481 e. The Morgan fingerprint density at radius 2 is 1.69 bits per heavy atom. The number of nitrogens with zero attached hydrogens (tertiary/aromatic N) is 1. The minimum atomic E-state index is -5.05. The summed E-state index contributed by atoms with van der Waals surface area (Å²) < 4.78 is 119. The quantitative estimate of drug-likeness (QED) is 0.437. The third-order valence-corrected chi connectivity index (χ3v) is 6.40. The predicted octanol–water partition coefficient (Wildman–Crippen LogP) is 6.84. The van der Waals surface area contributed by atoms with E-state index in [1.54, 1.807) is 4.90 Å². The molecule has 0 aromatic heterocycles. The molecule has 1 saturated heterocycles. The molecule has 3 rings (SSSR count). The highest BCUT2D eigenvalue weighted by Crippen LogP contribution is 2.40. The topological polar surface area (TPSA) is 40.5 Å². The first kappa shape index (κ1) is 27.1. The predicted molar refractivity (Wildman–Crippen MR) is 107 cm³/mol. The number of carboxylic acid groups (broad SMARTS) is 1. The summed E-state index contributed by atoms with van der Waals surface area (Å²) in [4.78, 5) is 12.8. The highest BCUT2D eigenvalue weighted by Gasteiger charge is 2.41. The second-order valence-corrected chi connectivity index (χ2v) is 8.81. The van der Waals surface area contributed by atoms with E-state index < -0.39 is 58.7 Å². The molecular formula is C23H22F9NO2. The summed E-state index contributed by atoms with van der Waals surface area (Å²) in [7, 11) is 0. The average Bonchev–Trinajstić information content (AvgIpc) is 2.72. The van der Waals surface area contributed by atoms with Crippen molar-refractivity contribution in [2.75, 3.05) is 6.54 Å². The van der Waals surface area contributed by atoms with Gasteiger partial charge in [-0.1, -0.05) is 24.3 Å². The molecule has 2 aliphatic rings. The van der Waals surface area contributed by atoms with E-state index in [4.69, 9.17) is 5.11 Å². The Morgan fingerprint density at radius 1 is 1.00 bits per heavy atom. The van der Waals surface area contributed by atoms with Gasteiger partial charge in [-0.2, -0.15) is 39.5 Å². The molecule has 1 aliphatic heterocycles. The maximum Gasteiger partial charge on any atom is 0.416 e. The second-order valence-electron chi connectivity index (χ2n) is 8.81. The number of piperidine rings is 1. The molecule has 194 valence electrons. The molecular weight excluding hydrogens is 493 g/mol. The fraction of sp³-hybridized carbons (Fsp3) is 0.522. The van der Waals surface area contributed by atoms with Gasteiger partial charge in [0, 0.05) is 19.0 Å². The van der Waals surface area contributed by atoms with Crippen LogP contribution in [-0.4, -0.2) is 34.7 Å². The van der Waals surface area contributed by atoms with Gasteiger partial charge in [-0.15, -0.1) is 0 Å². The lowest BCUT2D eigenvalue weighted by atomic mass is 9.79. The van der Waals surface area contributed by atoms with E-state index >= 15 is 0 Å². The van der Waals surface area contributed by atoms with Crippen LogP contribution in [0.2, 0.25) is 0 Å². The smallest absolute Gasteiger partial charge is 0.416 e. The number of carbonyl (C=O) groups is 1. The number of allylic oxidation sites excluding steroid dienone is 3. The van der Waals surface area contributed by atoms with E-state index in [0.717, 1.165) is 18.2 Å². The average molecular weight is 515 g/mol. The van der Waals surface area contributed by atoms with Gasteiger partial charge in [0.2, 0.25) is 0 Å². The van der Waals surface area contributed by atoms with Crippen molar-refractivity contribution in [3.05, 3.63) is 58.7 Å². The monoisotopic (exact) mass is 515 g/mol. The Balaban J connectivity index is 1.90. The first-order chi connectivity index (χ1) is 16.1. The first-order valence-electron chi connectivity index (χ1n) is 10.7. The molecule has 3 atom stereocenters. The van der Waals surface area contributed by atoms with Crippen LogP contribution in [0.4, 0.5) is 39.5 Å². The molecule has 1 aliphatic carbocycles. The van der Waals surface area contributed by atoms with E-state index in [9.17, 15) is 44.3 Å². The molecule has 35 heavy (non-hydrogen) atoms. The lowest BCUT2D eigenvalue weighted by Gasteiger charge is -2.43. The number of carboxylic acids is 1. The summed E-state index contributed by atoms with van der Waals surface area (Å²) in [6.07, 6.45) is -11.1. The van der Waals surface area contributed by atoms with Crippen LogP contribution in [0.1, 0.15) is 42.4 Å². The standard InChI is InChI=1S/C23H22F9NO2/c24-21(25,26)16-4-1-14(2-5-16)19-9-13(10-20(34)35)7-8-33(19)12-15-3-6-17(22(27,28)29)11-18(15)23(30,31)32/h1,3-6,11,13-14,19H,2,7-10,12H2,(H,34,35)/t13-,14?,19+/m0/s1. The van der Waals surface area contributed by atoms with Gasteiger partial charge in [0.25, 0.3) is 0 Å². The molecule has 1 aromatic carbocycles. The highest BCUT2D eigenvalue weighted by atomic mass is 19.4. The maximum absolute atomic E-state index is 13.6. The van der Waals surface area contributed by atoms with Crippen molar-refractivity contribution in [2.45, 2.75) is 56.8 Å². The van der Waals surface area contributed by atoms with Gasteiger partial charge in [0.15, 0.2) is 0 Å². The number of likely N-dealkylation sites (tertiary alicyclic amines) is 1.